The van der Waals surface area contributed by atoms with E-state index in [0.717, 1.165) is 28.0 Å². The molecule has 0 saturated carbocycles. The molecule has 2 heterocycles. The van der Waals surface area contributed by atoms with Gasteiger partial charge in [-0.05, 0) is 63.6 Å². The summed E-state index contributed by atoms with van der Waals surface area (Å²) >= 11 is 0. The van der Waals surface area contributed by atoms with Gasteiger partial charge < -0.3 is 42.3 Å². The SMILES string of the molecule is COc1ccc(COC2C(C)C(CO[Si](c3ccccc3)(c3ccccc3)C(C)(C)C)OC(C)C2OC2OC(C)C(OCc3ccccc3)C(OCc3ccccc3)C2OCc2ccccc2)cc1. The van der Waals surface area contributed by atoms with E-state index < -0.39 is 57.3 Å². The van der Waals surface area contributed by atoms with Crippen molar-refractivity contribution in [3.05, 3.63) is 198 Å². The van der Waals surface area contributed by atoms with Crippen LogP contribution in [-0.4, -0.2) is 77.2 Å². The smallest absolute Gasteiger partial charge is 0.261 e. The van der Waals surface area contributed by atoms with Crippen LogP contribution in [0.2, 0.25) is 5.04 Å². The summed E-state index contributed by atoms with van der Waals surface area (Å²) in [5, 5.41) is 2.23. The molecule has 0 aliphatic carbocycles. The van der Waals surface area contributed by atoms with E-state index in [1.165, 1.54) is 10.4 Å². The van der Waals surface area contributed by atoms with Crippen molar-refractivity contribution in [2.24, 2.45) is 5.92 Å². The van der Waals surface area contributed by atoms with Crippen LogP contribution in [0, 0.1) is 5.92 Å². The van der Waals surface area contributed by atoms with Gasteiger partial charge in [0.1, 0.15) is 30.2 Å². The summed E-state index contributed by atoms with van der Waals surface area (Å²) in [6.45, 7) is 14.9. The Bertz CT molecular complexity index is 2360. The van der Waals surface area contributed by atoms with Gasteiger partial charge in [0.15, 0.2) is 6.29 Å². The maximum absolute atomic E-state index is 7.52. The molecule has 8 rings (SSSR count). The summed E-state index contributed by atoms with van der Waals surface area (Å²) < 4.78 is 62.1. The molecular formula is C59H70O9Si. The normalized spacial score (nSPS) is 25.3. The molecule has 6 aromatic rings. The van der Waals surface area contributed by atoms with Crippen molar-refractivity contribution in [1.29, 1.82) is 0 Å². The summed E-state index contributed by atoms with van der Waals surface area (Å²) in [6.07, 6.45) is -4.83. The van der Waals surface area contributed by atoms with E-state index in [9.17, 15) is 0 Å². The van der Waals surface area contributed by atoms with Crippen molar-refractivity contribution >= 4 is 18.7 Å². The molecule has 10 heteroatoms. The Morgan fingerprint density at radius 1 is 0.449 bits per heavy atom. The molecule has 2 saturated heterocycles. The summed E-state index contributed by atoms with van der Waals surface area (Å²) in [7, 11) is -1.22. The average molecular weight is 951 g/mol. The molecule has 0 N–H and O–H groups in total. The van der Waals surface area contributed by atoms with Gasteiger partial charge in [0, 0.05) is 5.92 Å². The van der Waals surface area contributed by atoms with Gasteiger partial charge in [0.25, 0.3) is 8.32 Å². The van der Waals surface area contributed by atoms with E-state index in [4.69, 9.17) is 42.3 Å². The third-order valence-electron chi connectivity index (χ3n) is 13.6. The average Bonchev–Trinajstić information content (AvgIpc) is 3.37. The summed E-state index contributed by atoms with van der Waals surface area (Å²) in [4.78, 5) is 0. The molecule has 0 radical (unpaired) electrons. The van der Waals surface area contributed by atoms with Gasteiger partial charge in [-0.25, -0.2) is 0 Å². The maximum atomic E-state index is 7.52. The molecule has 10 atom stereocenters. The molecule has 2 aliphatic heterocycles. The monoisotopic (exact) mass is 950 g/mol. The van der Waals surface area contributed by atoms with Gasteiger partial charge >= 0.3 is 0 Å². The lowest BCUT2D eigenvalue weighted by Gasteiger charge is -2.50. The van der Waals surface area contributed by atoms with Crippen LogP contribution in [0.25, 0.3) is 0 Å². The third kappa shape index (κ3) is 12.3. The van der Waals surface area contributed by atoms with E-state index in [1.54, 1.807) is 7.11 Å². The second-order valence-electron chi connectivity index (χ2n) is 19.4. The fraction of sp³-hybridized carbons (Fsp3) is 0.390. The van der Waals surface area contributed by atoms with E-state index in [-0.39, 0.29) is 17.1 Å². The van der Waals surface area contributed by atoms with Gasteiger partial charge in [0.2, 0.25) is 0 Å². The fourth-order valence-electron chi connectivity index (χ4n) is 9.90. The maximum Gasteiger partial charge on any atom is 0.261 e. The zero-order chi connectivity index (χ0) is 48.2. The first-order valence-electron chi connectivity index (χ1n) is 24.5. The van der Waals surface area contributed by atoms with Crippen LogP contribution in [0.5, 0.6) is 5.75 Å². The molecule has 69 heavy (non-hydrogen) atoms. The predicted octanol–water partition coefficient (Wildman–Crippen LogP) is 10.5. The number of rotatable bonds is 20. The Labute approximate surface area is 411 Å². The number of hydrogen-bond donors (Lipinski definition) is 0. The lowest BCUT2D eigenvalue weighted by Crippen LogP contribution is -2.68. The molecular weight excluding hydrogens is 881 g/mol. The first-order chi connectivity index (χ1) is 33.5. The van der Waals surface area contributed by atoms with Crippen molar-refractivity contribution in [1.82, 2.24) is 0 Å². The molecule has 0 amide bonds. The molecule has 0 spiro atoms. The van der Waals surface area contributed by atoms with E-state index in [2.05, 4.69) is 132 Å². The van der Waals surface area contributed by atoms with Crippen molar-refractivity contribution in [3.63, 3.8) is 0 Å². The van der Waals surface area contributed by atoms with Crippen molar-refractivity contribution in [3.8, 4) is 5.75 Å². The Kier molecular flexibility index (Phi) is 17.4. The highest BCUT2D eigenvalue weighted by molar-refractivity contribution is 6.99. The molecule has 10 unspecified atom stereocenters. The molecule has 2 aliphatic rings. The molecule has 9 nitrogen and oxygen atoms in total. The molecule has 6 aromatic carbocycles. The van der Waals surface area contributed by atoms with Crippen LogP contribution in [0.3, 0.4) is 0 Å². The standard InChI is InChI=1S/C59H70O9Si/c1-42-52(41-65-69(59(4,5)6,50-29-19-11-20-30-50)51-31-21-12-22-32-51)66-44(3)55(53(42)61-40-48-33-35-49(60-7)36-34-48)68-58-57(64-39-47-27-17-10-18-28-47)56(63-38-46-25-15-9-16-26-46)54(43(2)67-58)62-37-45-23-13-8-14-24-45/h8-36,42-44,52-58H,37-41H2,1-7H3. The highest BCUT2D eigenvalue weighted by Crippen LogP contribution is 2.40. The highest BCUT2D eigenvalue weighted by atomic mass is 28.4. The largest absolute Gasteiger partial charge is 0.497 e. The van der Waals surface area contributed by atoms with E-state index in [1.807, 2.05) is 85.8 Å². The van der Waals surface area contributed by atoms with Crippen LogP contribution in [0.15, 0.2) is 176 Å². The van der Waals surface area contributed by atoms with Crippen LogP contribution >= 0.6 is 0 Å². The fourth-order valence-corrected chi connectivity index (χ4v) is 14.5. The Morgan fingerprint density at radius 3 is 1.32 bits per heavy atom. The summed E-state index contributed by atoms with van der Waals surface area (Å²) in [5.74, 6) is 0.619. The lowest BCUT2D eigenvalue weighted by molar-refractivity contribution is -0.351. The Morgan fingerprint density at radius 2 is 0.855 bits per heavy atom. The zero-order valence-electron chi connectivity index (χ0n) is 41.2. The van der Waals surface area contributed by atoms with Crippen LogP contribution < -0.4 is 15.1 Å². The summed E-state index contributed by atoms with van der Waals surface area (Å²) in [5.41, 5.74) is 4.13. The molecule has 0 bridgehead atoms. The third-order valence-corrected chi connectivity index (χ3v) is 18.6. The number of benzene rings is 6. The quantitative estimate of drug-likeness (QED) is 0.0695. The topological polar surface area (TPSA) is 83.1 Å². The Hall–Kier alpha value is -4.98. The lowest BCUT2D eigenvalue weighted by atomic mass is 9.88. The van der Waals surface area contributed by atoms with E-state index >= 15 is 0 Å². The van der Waals surface area contributed by atoms with Crippen molar-refractivity contribution in [2.75, 3.05) is 13.7 Å². The first kappa shape index (κ1) is 50.4. The minimum absolute atomic E-state index is 0.167. The minimum Gasteiger partial charge on any atom is -0.497 e. The van der Waals surface area contributed by atoms with Gasteiger partial charge in [-0.1, -0.05) is 191 Å². The molecule has 0 aromatic heterocycles. The number of methoxy groups -OCH3 is 1. The van der Waals surface area contributed by atoms with Gasteiger partial charge in [-0.15, -0.1) is 0 Å². The van der Waals surface area contributed by atoms with Crippen LogP contribution in [-0.2, 0) is 64.0 Å². The number of hydrogen-bond acceptors (Lipinski definition) is 9. The van der Waals surface area contributed by atoms with Crippen LogP contribution in [0.1, 0.15) is 63.8 Å². The second-order valence-corrected chi connectivity index (χ2v) is 23.7. The first-order valence-corrected chi connectivity index (χ1v) is 26.4. The predicted molar refractivity (Wildman–Crippen MR) is 273 cm³/mol. The summed E-state index contributed by atoms with van der Waals surface area (Å²) in [6, 6.07) is 60.0. The highest BCUT2D eigenvalue weighted by Gasteiger charge is 2.54. The van der Waals surface area contributed by atoms with Crippen molar-refractivity contribution in [2.45, 2.75) is 128 Å². The van der Waals surface area contributed by atoms with E-state index in [0.29, 0.717) is 33.0 Å². The Balaban J connectivity index is 1.11. The van der Waals surface area contributed by atoms with Crippen molar-refractivity contribution < 1.29 is 42.3 Å². The minimum atomic E-state index is -2.90. The molecule has 364 valence electrons. The van der Waals surface area contributed by atoms with Gasteiger partial charge in [-0.3, -0.25) is 0 Å². The van der Waals surface area contributed by atoms with Gasteiger partial charge in [0.05, 0.1) is 64.6 Å². The van der Waals surface area contributed by atoms with Crippen LogP contribution in [0.4, 0.5) is 0 Å². The number of ether oxygens (including phenoxy) is 8. The zero-order valence-corrected chi connectivity index (χ0v) is 42.2. The van der Waals surface area contributed by atoms with Gasteiger partial charge in [-0.2, -0.15) is 0 Å². The molecule has 2 fully saturated rings. The second kappa shape index (κ2) is 23.8.